The van der Waals surface area contributed by atoms with Crippen molar-refractivity contribution in [1.29, 1.82) is 0 Å². The van der Waals surface area contributed by atoms with Crippen LogP contribution in [-0.4, -0.2) is 17.4 Å². The Kier molecular flexibility index (Phi) is 6.64. The smallest absolute Gasteiger partial charge is 0.227 e. The lowest BCUT2D eigenvalue weighted by Gasteiger charge is -2.23. The molecule has 0 bridgehead atoms. The molecule has 0 aliphatic heterocycles. The van der Waals surface area contributed by atoms with Gasteiger partial charge < -0.3 is 9.64 Å². The second-order valence-electron chi connectivity index (χ2n) is 6.47. The molecule has 3 aromatic rings. The first-order valence-electron chi connectivity index (χ1n) is 9.32. The number of hydrogen-bond donors (Lipinski definition) is 0. The van der Waals surface area contributed by atoms with E-state index in [0.29, 0.717) is 26.1 Å². The van der Waals surface area contributed by atoms with Gasteiger partial charge in [0.25, 0.3) is 0 Å². The van der Waals surface area contributed by atoms with Crippen LogP contribution < -0.4 is 4.74 Å². The van der Waals surface area contributed by atoms with Crippen molar-refractivity contribution in [2.45, 2.75) is 26.4 Å². The molecule has 0 saturated heterocycles. The van der Waals surface area contributed by atoms with Crippen molar-refractivity contribution in [3.8, 4) is 5.75 Å². The first-order valence-corrected chi connectivity index (χ1v) is 9.32. The third-order valence-corrected chi connectivity index (χ3v) is 4.37. The number of ether oxygens (including phenoxy) is 1. The quantitative estimate of drug-likeness (QED) is 0.575. The molecular formula is C24H25NO2. The Hall–Kier alpha value is -3.07. The molecule has 138 valence electrons. The maximum atomic E-state index is 13.0. The van der Waals surface area contributed by atoms with Crippen LogP contribution in [0, 0.1) is 0 Å². The molecule has 0 saturated carbocycles. The fraction of sp³-hybridized carbons (Fsp3) is 0.208. The Morgan fingerprint density at radius 1 is 0.741 bits per heavy atom. The second-order valence-corrected chi connectivity index (χ2v) is 6.47. The molecule has 3 nitrogen and oxygen atoms in total. The third kappa shape index (κ3) is 5.71. The van der Waals surface area contributed by atoms with Gasteiger partial charge in [0.1, 0.15) is 5.75 Å². The fourth-order valence-corrected chi connectivity index (χ4v) is 3.00. The highest BCUT2D eigenvalue weighted by Gasteiger charge is 2.15. The van der Waals surface area contributed by atoms with Crippen LogP contribution in [0.25, 0.3) is 0 Å². The zero-order chi connectivity index (χ0) is 18.9. The monoisotopic (exact) mass is 359 g/mol. The van der Waals surface area contributed by atoms with E-state index in [4.69, 9.17) is 4.74 Å². The predicted octanol–water partition coefficient (Wildman–Crippen LogP) is 4.86. The predicted molar refractivity (Wildman–Crippen MR) is 108 cm³/mol. The first kappa shape index (κ1) is 18.7. The maximum absolute atomic E-state index is 13.0. The zero-order valence-electron chi connectivity index (χ0n) is 15.7. The summed E-state index contributed by atoms with van der Waals surface area (Å²) in [4.78, 5) is 14.9. The Morgan fingerprint density at radius 3 is 1.74 bits per heavy atom. The van der Waals surface area contributed by atoms with Gasteiger partial charge in [-0.15, -0.1) is 0 Å². The number of rotatable bonds is 8. The van der Waals surface area contributed by atoms with E-state index in [9.17, 15) is 4.79 Å². The minimum atomic E-state index is 0.117. The number of carbonyl (C=O) groups is 1. The zero-order valence-corrected chi connectivity index (χ0v) is 15.7. The molecule has 0 radical (unpaired) electrons. The maximum Gasteiger partial charge on any atom is 0.227 e. The van der Waals surface area contributed by atoms with Crippen molar-refractivity contribution in [3.05, 3.63) is 102 Å². The lowest BCUT2D eigenvalue weighted by atomic mass is 10.1. The van der Waals surface area contributed by atoms with E-state index >= 15 is 0 Å². The summed E-state index contributed by atoms with van der Waals surface area (Å²) >= 11 is 0. The SMILES string of the molecule is CCOc1ccc(CC(=O)N(Cc2ccccc2)Cc2ccccc2)cc1. The van der Waals surface area contributed by atoms with E-state index < -0.39 is 0 Å². The Labute approximate surface area is 161 Å². The van der Waals surface area contributed by atoms with E-state index in [1.165, 1.54) is 0 Å². The molecule has 3 aromatic carbocycles. The minimum absolute atomic E-state index is 0.117. The van der Waals surface area contributed by atoms with Crippen molar-refractivity contribution in [3.63, 3.8) is 0 Å². The van der Waals surface area contributed by atoms with Gasteiger partial charge in [-0.05, 0) is 35.7 Å². The topological polar surface area (TPSA) is 29.5 Å². The van der Waals surface area contributed by atoms with E-state index in [1.807, 2.05) is 72.5 Å². The van der Waals surface area contributed by atoms with Crippen LogP contribution in [0.2, 0.25) is 0 Å². The van der Waals surface area contributed by atoms with Crippen LogP contribution in [-0.2, 0) is 24.3 Å². The van der Waals surface area contributed by atoms with Gasteiger partial charge in [-0.25, -0.2) is 0 Å². The van der Waals surface area contributed by atoms with Crippen molar-refractivity contribution < 1.29 is 9.53 Å². The van der Waals surface area contributed by atoms with Gasteiger partial charge in [0.15, 0.2) is 0 Å². The summed E-state index contributed by atoms with van der Waals surface area (Å²) in [7, 11) is 0. The van der Waals surface area contributed by atoms with Crippen LogP contribution in [0.15, 0.2) is 84.9 Å². The lowest BCUT2D eigenvalue weighted by Crippen LogP contribution is -2.31. The number of hydrogen-bond acceptors (Lipinski definition) is 2. The molecular weight excluding hydrogens is 334 g/mol. The van der Waals surface area contributed by atoms with Crippen molar-refractivity contribution in [1.82, 2.24) is 4.90 Å². The largest absolute Gasteiger partial charge is 0.494 e. The summed E-state index contributed by atoms with van der Waals surface area (Å²) in [6.45, 7) is 3.81. The number of benzene rings is 3. The van der Waals surface area contributed by atoms with Crippen LogP contribution in [0.5, 0.6) is 5.75 Å². The molecule has 0 heterocycles. The van der Waals surface area contributed by atoms with E-state index in [2.05, 4.69) is 24.3 Å². The number of nitrogens with zero attached hydrogens (tertiary/aromatic N) is 1. The third-order valence-electron chi connectivity index (χ3n) is 4.37. The molecule has 0 fully saturated rings. The standard InChI is InChI=1S/C24H25NO2/c1-2-27-23-15-13-20(14-16-23)17-24(26)25(18-21-9-5-3-6-10-21)19-22-11-7-4-8-12-22/h3-16H,2,17-19H2,1H3. The molecule has 3 heteroatoms. The van der Waals surface area contributed by atoms with Crippen LogP contribution in [0.3, 0.4) is 0 Å². The summed E-state index contributed by atoms with van der Waals surface area (Å²) < 4.78 is 5.48. The molecule has 1 amide bonds. The minimum Gasteiger partial charge on any atom is -0.494 e. The van der Waals surface area contributed by atoms with Gasteiger partial charge in [0, 0.05) is 13.1 Å². The molecule has 0 spiro atoms. The summed E-state index contributed by atoms with van der Waals surface area (Å²) in [5.41, 5.74) is 3.26. The number of carbonyl (C=O) groups excluding carboxylic acids is 1. The summed E-state index contributed by atoms with van der Waals surface area (Å²) in [6, 6.07) is 28.0. The molecule has 0 aliphatic rings. The van der Waals surface area contributed by atoms with Gasteiger partial charge in [-0.1, -0.05) is 72.8 Å². The molecule has 0 atom stereocenters. The Balaban J connectivity index is 1.73. The van der Waals surface area contributed by atoms with E-state index in [0.717, 1.165) is 22.4 Å². The Bertz CT molecular complexity index is 788. The molecule has 3 rings (SSSR count). The molecule has 27 heavy (non-hydrogen) atoms. The molecule has 0 unspecified atom stereocenters. The van der Waals surface area contributed by atoms with Crippen LogP contribution in [0.1, 0.15) is 23.6 Å². The normalized spacial score (nSPS) is 10.4. The van der Waals surface area contributed by atoms with Crippen molar-refractivity contribution in [2.75, 3.05) is 6.61 Å². The van der Waals surface area contributed by atoms with Gasteiger partial charge in [0.2, 0.25) is 5.91 Å². The van der Waals surface area contributed by atoms with Crippen LogP contribution in [0.4, 0.5) is 0 Å². The van der Waals surface area contributed by atoms with Crippen molar-refractivity contribution >= 4 is 5.91 Å². The first-order chi connectivity index (χ1) is 13.2. The highest BCUT2D eigenvalue weighted by atomic mass is 16.5. The van der Waals surface area contributed by atoms with Crippen molar-refractivity contribution in [2.24, 2.45) is 0 Å². The lowest BCUT2D eigenvalue weighted by molar-refractivity contribution is -0.131. The molecule has 0 aliphatic carbocycles. The summed E-state index contributed by atoms with van der Waals surface area (Å²) in [6.07, 6.45) is 0.381. The van der Waals surface area contributed by atoms with Gasteiger partial charge in [-0.3, -0.25) is 4.79 Å². The average molecular weight is 359 g/mol. The highest BCUT2D eigenvalue weighted by Crippen LogP contribution is 2.16. The average Bonchev–Trinajstić information content (AvgIpc) is 2.71. The number of amides is 1. The fourth-order valence-electron chi connectivity index (χ4n) is 3.00. The van der Waals surface area contributed by atoms with E-state index in [-0.39, 0.29) is 5.91 Å². The second kappa shape index (κ2) is 9.58. The van der Waals surface area contributed by atoms with E-state index in [1.54, 1.807) is 0 Å². The van der Waals surface area contributed by atoms with Gasteiger partial charge >= 0.3 is 0 Å². The Morgan fingerprint density at radius 2 is 1.26 bits per heavy atom. The summed E-state index contributed by atoms with van der Waals surface area (Å²) in [5.74, 6) is 0.950. The van der Waals surface area contributed by atoms with Gasteiger partial charge in [0.05, 0.1) is 13.0 Å². The molecule has 0 N–H and O–H groups in total. The summed E-state index contributed by atoms with van der Waals surface area (Å²) in [5, 5.41) is 0. The highest BCUT2D eigenvalue weighted by molar-refractivity contribution is 5.78. The van der Waals surface area contributed by atoms with Gasteiger partial charge in [-0.2, -0.15) is 0 Å². The van der Waals surface area contributed by atoms with Crippen LogP contribution >= 0.6 is 0 Å². The molecule has 0 aromatic heterocycles.